The summed E-state index contributed by atoms with van der Waals surface area (Å²) in [6.07, 6.45) is 0. The molecule has 0 aliphatic rings. The zero-order valence-electron chi connectivity index (χ0n) is 11.8. The molecule has 1 heterocycles. The van der Waals surface area contributed by atoms with Gasteiger partial charge in [-0.2, -0.15) is 0 Å². The molecule has 0 bridgehead atoms. The second-order valence-corrected chi connectivity index (χ2v) is 4.31. The van der Waals surface area contributed by atoms with E-state index in [0.29, 0.717) is 25.1 Å². The summed E-state index contributed by atoms with van der Waals surface area (Å²) < 4.78 is 11.1. The van der Waals surface area contributed by atoms with Gasteiger partial charge in [0.05, 0.1) is 12.6 Å². The number of nitrogens with zero attached hydrogens (tertiary/aromatic N) is 2. The molecule has 0 spiro atoms. The van der Waals surface area contributed by atoms with E-state index in [2.05, 4.69) is 20.8 Å². The summed E-state index contributed by atoms with van der Waals surface area (Å²) >= 11 is 0. The van der Waals surface area contributed by atoms with Crippen LogP contribution in [0, 0.1) is 0 Å². The Morgan fingerprint density at radius 2 is 2.05 bits per heavy atom. The van der Waals surface area contributed by atoms with Gasteiger partial charge in [-0.25, -0.2) is 0 Å². The summed E-state index contributed by atoms with van der Waals surface area (Å²) in [5, 5.41) is 14.2. The highest BCUT2D eigenvalue weighted by molar-refractivity contribution is 5.21. The van der Waals surface area contributed by atoms with Crippen LogP contribution in [-0.4, -0.2) is 29.9 Å². The molecule has 0 aliphatic carbocycles. The van der Waals surface area contributed by atoms with Gasteiger partial charge < -0.3 is 19.8 Å². The summed E-state index contributed by atoms with van der Waals surface area (Å²) in [6.45, 7) is 6.01. The van der Waals surface area contributed by atoms with Crippen molar-refractivity contribution in [3.05, 3.63) is 36.2 Å². The molecule has 0 radical (unpaired) electrons. The Morgan fingerprint density at radius 3 is 2.80 bits per heavy atom. The summed E-state index contributed by atoms with van der Waals surface area (Å²) in [7, 11) is 0. The van der Waals surface area contributed by atoms with Crippen LogP contribution in [0.3, 0.4) is 0 Å². The SMILES string of the molecule is CCNC(C)c1nnc(NCCOc2ccccc2)o1. The van der Waals surface area contributed by atoms with E-state index in [1.807, 2.05) is 44.2 Å². The van der Waals surface area contributed by atoms with Gasteiger partial charge in [0.2, 0.25) is 5.89 Å². The molecule has 0 amide bonds. The van der Waals surface area contributed by atoms with Gasteiger partial charge in [-0.3, -0.25) is 0 Å². The first-order valence-electron chi connectivity index (χ1n) is 6.78. The van der Waals surface area contributed by atoms with Crippen LogP contribution in [0.2, 0.25) is 0 Å². The average Bonchev–Trinajstić information content (AvgIpc) is 2.94. The van der Waals surface area contributed by atoms with Crippen LogP contribution in [0.4, 0.5) is 6.01 Å². The Balaban J connectivity index is 1.72. The predicted molar refractivity (Wildman–Crippen MR) is 76.8 cm³/mol. The Bertz CT molecular complexity index is 501. The smallest absolute Gasteiger partial charge is 0.315 e. The van der Waals surface area contributed by atoms with Crippen molar-refractivity contribution in [3.63, 3.8) is 0 Å². The van der Waals surface area contributed by atoms with Gasteiger partial charge >= 0.3 is 6.01 Å². The van der Waals surface area contributed by atoms with Gasteiger partial charge in [-0.15, -0.1) is 5.10 Å². The normalized spacial score (nSPS) is 12.1. The van der Waals surface area contributed by atoms with E-state index >= 15 is 0 Å². The maximum atomic E-state index is 5.56. The highest BCUT2D eigenvalue weighted by Crippen LogP contribution is 2.13. The molecular weight excluding hydrogens is 256 g/mol. The topological polar surface area (TPSA) is 72.2 Å². The van der Waals surface area contributed by atoms with Gasteiger partial charge in [0.15, 0.2) is 0 Å². The monoisotopic (exact) mass is 276 g/mol. The lowest BCUT2D eigenvalue weighted by atomic mass is 10.3. The van der Waals surface area contributed by atoms with E-state index in [4.69, 9.17) is 9.15 Å². The molecule has 1 aromatic carbocycles. The van der Waals surface area contributed by atoms with E-state index in [9.17, 15) is 0 Å². The van der Waals surface area contributed by atoms with Crippen molar-refractivity contribution >= 4 is 6.01 Å². The molecule has 0 fully saturated rings. The van der Waals surface area contributed by atoms with E-state index in [0.717, 1.165) is 12.3 Å². The van der Waals surface area contributed by atoms with Gasteiger partial charge in [0.1, 0.15) is 12.4 Å². The molecule has 1 atom stereocenters. The van der Waals surface area contributed by atoms with Crippen LogP contribution in [0.5, 0.6) is 5.75 Å². The number of anilines is 1. The predicted octanol–water partition coefficient (Wildman–Crippen LogP) is 2.23. The van der Waals surface area contributed by atoms with Crippen molar-refractivity contribution in [2.75, 3.05) is 25.0 Å². The fourth-order valence-electron chi connectivity index (χ4n) is 1.72. The first-order valence-corrected chi connectivity index (χ1v) is 6.78. The van der Waals surface area contributed by atoms with Crippen molar-refractivity contribution in [2.45, 2.75) is 19.9 Å². The zero-order valence-corrected chi connectivity index (χ0v) is 11.8. The Labute approximate surface area is 118 Å². The Hall–Kier alpha value is -2.08. The van der Waals surface area contributed by atoms with E-state index in [1.54, 1.807) is 0 Å². The van der Waals surface area contributed by atoms with E-state index < -0.39 is 0 Å². The molecule has 0 saturated carbocycles. The number of ether oxygens (including phenoxy) is 1. The van der Waals surface area contributed by atoms with Crippen LogP contribution in [0.1, 0.15) is 25.8 Å². The first kappa shape index (κ1) is 14.3. The molecule has 2 N–H and O–H groups in total. The molecular formula is C14H20N4O2. The van der Waals surface area contributed by atoms with Crippen LogP contribution in [-0.2, 0) is 0 Å². The quantitative estimate of drug-likeness (QED) is 0.720. The summed E-state index contributed by atoms with van der Waals surface area (Å²) in [4.78, 5) is 0. The third-order valence-corrected chi connectivity index (χ3v) is 2.71. The molecule has 20 heavy (non-hydrogen) atoms. The second-order valence-electron chi connectivity index (χ2n) is 4.31. The van der Waals surface area contributed by atoms with E-state index in [1.165, 1.54) is 0 Å². The Morgan fingerprint density at radius 1 is 1.25 bits per heavy atom. The summed E-state index contributed by atoms with van der Waals surface area (Å²) in [5.41, 5.74) is 0. The average molecular weight is 276 g/mol. The molecule has 1 unspecified atom stereocenters. The number of hydrogen-bond acceptors (Lipinski definition) is 6. The number of para-hydroxylation sites is 1. The Kier molecular flexibility index (Phi) is 5.37. The minimum atomic E-state index is 0.0589. The molecule has 6 heteroatoms. The first-order chi connectivity index (χ1) is 9.79. The van der Waals surface area contributed by atoms with Crippen LogP contribution >= 0.6 is 0 Å². The maximum Gasteiger partial charge on any atom is 0.315 e. The molecule has 108 valence electrons. The number of aromatic nitrogens is 2. The minimum Gasteiger partial charge on any atom is -0.492 e. The highest BCUT2D eigenvalue weighted by atomic mass is 16.5. The van der Waals surface area contributed by atoms with Crippen molar-refractivity contribution in [3.8, 4) is 5.75 Å². The fourth-order valence-corrected chi connectivity index (χ4v) is 1.72. The largest absolute Gasteiger partial charge is 0.492 e. The van der Waals surface area contributed by atoms with Gasteiger partial charge in [0, 0.05) is 0 Å². The molecule has 0 saturated heterocycles. The van der Waals surface area contributed by atoms with Crippen LogP contribution in [0.15, 0.2) is 34.7 Å². The van der Waals surface area contributed by atoms with Crippen LogP contribution < -0.4 is 15.4 Å². The molecule has 2 aromatic rings. The lowest BCUT2D eigenvalue weighted by Gasteiger charge is -2.06. The third-order valence-electron chi connectivity index (χ3n) is 2.71. The standard InChI is InChI=1S/C14H20N4O2/c1-3-15-11(2)13-17-18-14(20-13)16-9-10-19-12-7-5-4-6-8-12/h4-8,11,15H,3,9-10H2,1-2H3,(H,16,18). The number of nitrogens with one attached hydrogen (secondary N) is 2. The minimum absolute atomic E-state index is 0.0589. The number of hydrogen-bond donors (Lipinski definition) is 2. The zero-order chi connectivity index (χ0) is 14.2. The lowest BCUT2D eigenvalue weighted by molar-refractivity contribution is 0.330. The highest BCUT2D eigenvalue weighted by Gasteiger charge is 2.12. The van der Waals surface area contributed by atoms with Crippen LogP contribution in [0.25, 0.3) is 0 Å². The number of benzene rings is 1. The second kappa shape index (κ2) is 7.49. The molecule has 2 rings (SSSR count). The lowest BCUT2D eigenvalue weighted by Crippen LogP contribution is -2.17. The van der Waals surface area contributed by atoms with Crippen molar-refractivity contribution in [1.82, 2.24) is 15.5 Å². The van der Waals surface area contributed by atoms with Gasteiger partial charge in [-0.05, 0) is 25.6 Å². The van der Waals surface area contributed by atoms with Gasteiger partial charge in [-0.1, -0.05) is 30.2 Å². The summed E-state index contributed by atoms with van der Waals surface area (Å²) in [5.74, 6) is 1.43. The fraction of sp³-hybridized carbons (Fsp3) is 0.429. The molecule has 1 aromatic heterocycles. The van der Waals surface area contributed by atoms with Crippen molar-refractivity contribution in [1.29, 1.82) is 0 Å². The van der Waals surface area contributed by atoms with E-state index in [-0.39, 0.29) is 6.04 Å². The molecule has 6 nitrogen and oxygen atoms in total. The number of rotatable bonds is 8. The maximum absolute atomic E-state index is 5.56. The summed E-state index contributed by atoms with van der Waals surface area (Å²) in [6, 6.07) is 10.2. The molecule has 0 aliphatic heterocycles. The van der Waals surface area contributed by atoms with Crippen molar-refractivity contribution < 1.29 is 9.15 Å². The van der Waals surface area contributed by atoms with Crippen molar-refractivity contribution in [2.24, 2.45) is 0 Å². The third kappa shape index (κ3) is 4.24. The van der Waals surface area contributed by atoms with Gasteiger partial charge in [0.25, 0.3) is 0 Å².